The molecule has 0 aliphatic rings. The minimum Gasteiger partial charge on any atom is -0.461 e. The number of esters is 1. The van der Waals surface area contributed by atoms with E-state index in [-0.39, 0.29) is 24.9 Å². The molecule has 6 nitrogen and oxygen atoms in total. The van der Waals surface area contributed by atoms with Gasteiger partial charge in [-0.15, -0.1) is 0 Å². The second-order valence-corrected chi connectivity index (χ2v) is 15.2. The van der Waals surface area contributed by atoms with Gasteiger partial charge in [0.05, 0.1) is 25.2 Å². The van der Waals surface area contributed by atoms with E-state index in [0.29, 0.717) is 19.3 Å². The molecule has 0 heterocycles. The van der Waals surface area contributed by atoms with Gasteiger partial charge in [-0.05, 0) is 57.8 Å². The molecule has 0 aliphatic carbocycles. The number of nitrogens with one attached hydrogen (secondary N) is 1. The molecule has 3 N–H and O–H groups in total. The van der Waals surface area contributed by atoms with Crippen LogP contribution in [0.4, 0.5) is 0 Å². The molecule has 0 spiro atoms. The van der Waals surface area contributed by atoms with Crippen LogP contribution in [0.3, 0.4) is 0 Å². The number of aliphatic hydroxyl groups excluding tert-OH is 2. The summed E-state index contributed by atoms with van der Waals surface area (Å²) in [5.74, 6) is -0.645. The lowest BCUT2D eigenvalue weighted by atomic mass is 10.0. The minimum atomic E-state index is -0.825. The highest BCUT2D eigenvalue weighted by Gasteiger charge is 2.23. The quantitative estimate of drug-likeness (QED) is 0.0249. The minimum absolute atomic E-state index is 0.0332. The van der Waals surface area contributed by atoms with Crippen LogP contribution in [-0.2, 0) is 14.3 Å². The van der Waals surface area contributed by atoms with E-state index in [1.165, 1.54) is 70.6 Å². The molecule has 0 rings (SSSR count). The number of aliphatic hydroxyl groups is 2. The van der Waals surface area contributed by atoms with Crippen LogP contribution in [0.15, 0.2) is 97.2 Å². The fourth-order valence-corrected chi connectivity index (χ4v) is 6.28. The molecule has 0 radical (unpaired) electrons. The molecule has 0 aromatic heterocycles. The van der Waals surface area contributed by atoms with Crippen molar-refractivity contribution >= 4 is 11.9 Å². The van der Waals surface area contributed by atoms with E-state index in [0.717, 1.165) is 70.6 Å². The second-order valence-electron chi connectivity index (χ2n) is 15.2. The Balaban J connectivity index is 4.76. The number of hydrogen-bond donors (Lipinski definition) is 3. The number of allylic oxidation sites excluding steroid dienone is 15. The Hall–Kier alpha value is -3.22. The third-order valence-corrected chi connectivity index (χ3v) is 9.78. The monoisotopic (exact) mass is 792 g/mol. The fraction of sp³-hybridized carbons (Fsp3) is 0.647. The van der Waals surface area contributed by atoms with Gasteiger partial charge in [-0.25, -0.2) is 0 Å². The predicted molar refractivity (Wildman–Crippen MR) is 245 cm³/mol. The summed E-state index contributed by atoms with van der Waals surface area (Å²) in [6.07, 6.45) is 57.7. The van der Waals surface area contributed by atoms with Crippen molar-refractivity contribution in [1.29, 1.82) is 0 Å². The number of carbonyl (C=O) groups is 2. The summed E-state index contributed by atoms with van der Waals surface area (Å²) in [5, 5.41) is 23.5. The summed E-state index contributed by atoms with van der Waals surface area (Å²) in [6, 6.07) is -0.747. The van der Waals surface area contributed by atoms with Crippen molar-refractivity contribution < 1.29 is 24.5 Å². The van der Waals surface area contributed by atoms with Crippen LogP contribution < -0.4 is 5.32 Å². The molecule has 0 aliphatic heterocycles. The van der Waals surface area contributed by atoms with Gasteiger partial charge in [0.2, 0.25) is 5.91 Å². The van der Waals surface area contributed by atoms with Crippen molar-refractivity contribution in [1.82, 2.24) is 5.32 Å². The Morgan fingerprint density at radius 1 is 0.561 bits per heavy atom. The van der Waals surface area contributed by atoms with E-state index >= 15 is 0 Å². The highest BCUT2D eigenvalue weighted by Crippen LogP contribution is 2.15. The largest absolute Gasteiger partial charge is 0.461 e. The molecule has 0 saturated heterocycles. The average molecular weight is 792 g/mol. The van der Waals surface area contributed by atoms with E-state index in [1.807, 2.05) is 54.7 Å². The Morgan fingerprint density at radius 2 is 1.04 bits per heavy atom. The van der Waals surface area contributed by atoms with Gasteiger partial charge < -0.3 is 20.3 Å². The lowest BCUT2D eigenvalue weighted by Gasteiger charge is -2.24. The summed E-state index contributed by atoms with van der Waals surface area (Å²) in [6.45, 7) is 6.22. The first-order chi connectivity index (χ1) is 28.0. The van der Waals surface area contributed by atoms with Crippen LogP contribution in [0.5, 0.6) is 0 Å². The number of rotatable bonds is 39. The fourth-order valence-electron chi connectivity index (χ4n) is 6.28. The number of hydrogen-bond acceptors (Lipinski definition) is 5. The molecule has 3 atom stereocenters. The average Bonchev–Trinajstić information content (AvgIpc) is 3.20. The van der Waals surface area contributed by atoms with Gasteiger partial charge in [-0.2, -0.15) is 0 Å². The van der Waals surface area contributed by atoms with Gasteiger partial charge in [0.15, 0.2) is 0 Å². The predicted octanol–water partition coefficient (Wildman–Crippen LogP) is 13.4. The number of ether oxygens (including phenoxy) is 1. The third-order valence-electron chi connectivity index (χ3n) is 9.78. The zero-order valence-electron chi connectivity index (χ0n) is 36.7. The zero-order chi connectivity index (χ0) is 41.7. The summed E-state index contributed by atoms with van der Waals surface area (Å²) in [7, 11) is 0. The molecule has 3 unspecified atom stereocenters. The first-order valence-electron chi connectivity index (χ1n) is 23.0. The molecule has 324 valence electrons. The Labute approximate surface area is 350 Å². The standard InChI is InChI=1S/C51H85NO5/c1-4-7-10-13-16-19-22-23-24-25-26-27-29-32-35-38-41-44-51(56)57-47(42-39-36-33-30-28-20-17-14-11-8-5-2)45-50(55)52-48(46-53)49(54)43-40-37-34-31-21-18-15-12-9-6-3/h8,11,14,16-17,19-20,23-24,26-28,30,33,36,39,47-49,53-54H,4-7,9-10,12-13,15,18,21-22,25,29,31-32,34-35,37-38,40-46H2,1-3H3,(H,52,55)/b11-8+,17-14+,19-16-,24-23-,27-26-,28-20-,33-30-,39-36+. The molecule has 0 bridgehead atoms. The molecular formula is C51H85NO5. The van der Waals surface area contributed by atoms with Crippen molar-refractivity contribution in [2.45, 2.75) is 206 Å². The van der Waals surface area contributed by atoms with Gasteiger partial charge in [0.25, 0.3) is 0 Å². The number of unbranched alkanes of at least 4 members (excludes halogenated alkanes) is 16. The van der Waals surface area contributed by atoms with Gasteiger partial charge in [0.1, 0.15) is 6.10 Å². The van der Waals surface area contributed by atoms with E-state index in [9.17, 15) is 19.8 Å². The third kappa shape index (κ3) is 39.4. The van der Waals surface area contributed by atoms with Crippen LogP contribution >= 0.6 is 0 Å². The molecule has 6 heteroatoms. The highest BCUT2D eigenvalue weighted by molar-refractivity contribution is 5.77. The lowest BCUT2D eigenvalue weighted by Crippen LogP contribution is -2.46. The van der Waals surface area contributed by atoms with E-state index in [1.54, 1.807) is 0 Å². The van der Waals surface area contributed by atoms with Gasteiger partial charge in [-0.3, -0.25) is 9.59 Å². The first kappa shape index (κ1) is 53.8. The second kappa shape index (κ2) is 43.9. The van der Waals surface area contributed by atoms with Gasteiger partial charge in [0, 0.05) is 12.8 Å². The van der Waals surface area contributed by atoms with Gasteiger partial charge in [-0.1, -0.05) is 208 Å². The smallest absolute Gasteiger partial charge is 0.306 e. The van der Waals surface area contributed by atoms with Crippen LogP contribution in [0, 0.1) is 0 Å². The summed E-state index contributed by atoms with van der Waals surface area (Å²) in [5.41, 5.74) is 0. The summed E-state index contributed by atoms with van der Waals surface area (Å²) >= 11 is 0. The lowest BCUT2D eigenvalue weighted by molar-refractivity contribution is -0.150. The van der Waals surface area contributed by atoms with Crippen molar-refractivity contribution in [3.05, 3.63) is 97.2 Å². The Kier molecular flexibility index (Phi) is 41.4. The Bertz CT molecular complexity index is 1160. The maximum absolute atomic E-state index is 13.1. The zero-order valence-corrected chi connectivity index (χ0v) is 36.7. The maximum atomic E-state index is 13.1. The normalized spacial score (nSPS) is 14.3. The molecule has 0 aromatic carbocycles. The molecule has 0 fully saturated rings. The van der Waals surface area contributed by atoms with E-state index in [4.69, 9.17) is 4.74 Å². The van der Waals surface area contributed by atoms with Crippen LogP contribution in [0.2, 0.25) is 0 Å². The Morgan fingerprint density at radius 3 is 1.61 bits per heavy atom. The number of amides is 1. The van der Waals surface area contributed by atoms with Crippen molar-refractivity contribution in [3.8, 4) is 0 Å². The van der Waals surface area contributed by atoms with Crippen LogP contribution in [0.25, 0.3) is 0 Å². The topological polar surface area (TPSA) is 95.9 Å². The van der Waals surface area contributed by atoms with Gasteiger partial charge >= 0.3 is 5.97 Å². The molecular weight excluding hydrogens is 707 g/mol. The number of carbonyl (C=O) groups excluding carboxylic acids is 2. The van der Waals surface area contributed by atoms with E-state index < -0.39 is 18.2 Å². The molecule has 0 aromatic rings. The first-order valence-corrected chi connectivity index (χ1v) is 23.0. The SMILES string of the molecule is CC/C=C/C=C/C=C\C=C/C=C/CC(CC(=O)NC(CO)C(O)CCCCCCCCCCCC)OC(=O)CCCCCC/C=C\C/C=C\C/C=C\CCCCC. The molecule has 0 saturated carbocycles. The van der Waals surface area contributed by atoms with Crippen molar-refractivity contribution in [2.75, 3.05) is 6.61 Å². The van der Waals surface area contributed by atoms with Crippen LogP contribution in [0.1, 0.15) is 188 Å². The van der Waals surface area contributed by atoms with Crippen molar-refractivity contribution in [2.24, 2.45) is 0 Å². The highest BCUT2D eigenvalue weighted by atomic mass is 16.5. The summed E-state index contributed by atoms with van der Waals surface area (Å²) in [4.78, 5) is 25.9. The van der Waals surface area contributed by atoms with Crippen molar-refractivity contribution in [3.63, 3.8) is 0 Å². The summed E-state index contributed by atoms with van der Waals surface area (Å²) < 4.78 is 5.81. The van der Waals surface area contributed by atoms with E-state index in [2.05, 4.69) is 68.6 Å². The molecule has 57 heavy (non-hydrogen) atoms. The molecule has 1 amide bonds. The van der Waals surface area contributed by atoms with Crippen LogP contribution in [-0.4, -0.2) is 46.9 Å². The maximum Gasteiger partial charge on any atom is 0.306 e.